The Morgan fingerprint density at radius 2 is 1.82 bits per heavy atom. The second-order valence-corrected chi connectivity index (χ2v) is 3.36. The molecule has 1 aromatic carbocycles. The minimum Gasteiger partial charge on any atom is -0.465 e. The van der Waals surface area contributed by atoms with Gasteiger partial charge in [-0.3, -0.25) is 0 Å². The van der Waals surface area contributed by atoms with Crippen LogP contribution in [-0.4, -0.2) is 32.7 Å². The predicted octanol–water partition coefficient (Wildman–Crippen LogP) is 0.761. The van der Waals surface area contributed by atoms with Crippen LogP contribution in [0.2, 0.25) is 0 Å². The Balaban J connectivity index is 3.33. The van der Waals surface area contributed by atoms with Crippen molar-refractivity contribution >= 4 is 11.9 Å². The van der Waals surface area contributed by atoms with Gasteiger partial charge in [-0.1, -0.05) is 12.1 Å². The summed E-state index contributed by atoms with van der Waals surface area (Å²) < 4.78 is 9.30. The minimum absolute atomic E-state index is 0.199. The van der Waals surface area contributed by atoms with E-state index < -0.39 is 11.9 Å². The van der Waals surface area contributed by atoms with Crippen LogP contribution in [0.4, 0.5) is 0 Å². The van der Waals surface area contributed by atoms with E-state index in [-0.39, 0.29) is 11.1 Å². The Bertz CT molecular complexity index is 429. The molecule has 17 heavy (non-hydrogen) atoms. The van der Waals surface area contributed by atoms with E-state index in [1.54, 1.807) is 12.1 Å². The first-order valence-electron chi connectivity index (χ1n) is 5.14. The summed E-state index contributed by atoms with van der Waals surface area (Å²) in [7, 11) is 2.53. The highest BCUT2D eigenvalue weighted by Gasteiger charge is 2.21. The molecule has 1 aromatic rings. The van der Waals surface area contributed by atoms with Gasteiger partial charge in [-0.2, -0.15) is 0 Å². The first-order valence-corrected chi connectivity index (χ1v) is 5.14. The summed E-state index contributed by atoms with van der Waals surface area (Å²) >= 11 is 0. The van der Waals surface area contributed by atoms with Gasteiger partial charge in [0.1, 0.15) is 0 Å². The molecule has 92 valence electrons. The highest BCUT2D eigenvalue weighted by Crippen LogP contribution is 2.17. The molecule has 0 saturated carbocycles. The molecule has 5 heteroatoms. The fourth-order valence-corrected chi connectivity index (χ4v) is 1.59. The smallest absolute Gasteiger partial charge is 0.339 e. The number of hydrogen-bond donors (Lipinski definition) is 1. The minimum atomic E-state index is -0.565. The van der Waals surface area contributed by atoms with E-state index in [9.17, 15) is 9.59 Å². The van der Waals surface area contributed by atoms with Crippen molar-refractivity contribution in [1.29, 1.82) is 0 Å². The average Bonchev–Trinajstić information content (AvgIpc) is 2.37. The Morgan fingerprint density at radius 1 is 1.18 bits per heavy atom. The molecule has 0 bridgehead atoms. The number of carbonyl (C=O) groups excluding carboxylic acids is 2. The molecule has 2 N–H and O–H groups in total. The molecule has 1 rings (SSSR count). The second-order valence-electron chi connectivity index (χ2n) is 3.36. The normalized spacial score (nSPS) is 9.82. The zero-order valence-corrected chi connectivity index (χ0v) is 9.86. The van der Waals surface area contributed by atoms with E-state index in [4.69, 9.17) is 5.73 Å². The van der Waals surface area contributed by atoms with Crippen molar-refractivity contribution in [3.8, 4) is 0 Å². The van der Waals surface area contributed by atoms with Crippen molar-refractivity contribution < 1.29 is 19.1 Å². The molecule has 0 heterocycles. The monoisotopic (exact) mass is 237 g/mol. The molecule has 0 fully saturated rings. The lowest BCUT2D eigenvalue weighted by Gasteiger charge is -2.11. The first-order chi connectivity index (χ1) is 8.15. The van der Waals surface area contributed by atoms with Crippen LogP contribution in [0.25, 0.3) is 0 Å². The largest absolute Gasteiger partial charge is 0.465 e. The number of rotatable bonds is 4. The topological polar surface area (TPSA) is 78.6 Å². The summed E-state index contributed by atoms with van der Waals surface area (Å²) in [4.78, 5) is 23.2. The van der Waals surface area contributed by atoms with Gasteiger partial charge in [0.15, 0.2) is 0 Å². The number of esters is 2. The molecule has 0 aromatic heterocycles. The van der Waals surface area contributed by atoms with E-state index in [1.807, 2.05) is 0 Å². The number of benzene rings is 1. The number of carbonyl (C=O) groups is 2. The highest BCUT2D eigenvalue weighted by molar-refractivity contribution is 6.04. The Kier molecular flexibility index (Phi) is 4.66. The quantitative estimate of drug-likeness (QED) is 0.782. The number of methoxy groups -OCH3 is 2. The van der Waals surface area contributed by atoms with Gasteiger partial charge >= 0.3 is 11.9 Å². The number of ether oxygens (including phenoxy) is 2. The van der Waals surface area contributed by atoms with Crippen molar-refractivity contribution in [3.05, 3.63) is 34.9 Å². The summed E-state index contributed by atoms with van der Waals surface area (Å²) in [5.41, 5.74) is 6.57. The molecule has 0 spiro atoms. The van der Waals surface area contributed by atoms with E-state index >= 15 is 0 Å². The second kappa shape index (κ2) is 6.00. The molecule has 0 atom stereocenters. The summed E-state index contributed by atoms with van der Waals surface area (Å²) in [6.07, 6.45) is 0.495. The number of hydrogen-bond acceptors (Lipinski definition) is 5. The molecular weight excluding hydrogens is 222 g/mol. The van der Waals surface area contributed by atoms with E-state index in [0.717, 1.165) is 0 Å². The molecule has 0 saturated heterocycles. The van der Waals surface area contributed by atoms with Crippen molar-refractivity contribution in [2.24, 2.45) is 5.73 Å². The third-order valence-electron chi connectivity index (χ3n) is 2.36. The zero-order valence-electron chi connectivity index (χ0n) is 9.86. The van der Waals surface area contributed by atoms with Gasteiger partial charge in [0.05, 0.1) is 25.3 Å². The molecule has 0 unspecified atom stereocenters. The first kappa shape index (κ1) is 13.2. The lowest BCUT2D eigenvalue weighted by Crippen LogP contribution is -2.16. The summed E-state index contributed by atoms with van der Waals surface area (Å²) in [5.74, 6) is -1.13. The predicted molar refractivity (Wildman–Crippen MR) is 61.9 cm³/mol. The van der Waals surface area contributed by atoms with E-state index in [2.05, 4.69) is 9.47 Å². The van der Waals surface area contributed by atoms with Crippen LogP contribution in [0.3, 0.4) is 0 Å². The summed E-state index contributed by atoms with van der Waals surface area (Å²) in [6, 6.07) is 4.95. The van der Waals surface area contributed by atoms with Crippen molar-refractivity contribution in [2.75, 3.05) is 20.8 Å². The van der Waals surface area contributed by atoms with Gasteiger partial charge < -0.3 is 15.2 Å². The highest BCUT2D eigenvalue weighted by atomic mass is 16.5. The van der Waals surface area contributed by atoms with Gasteiger partial charge in [0.25, 0.3) is 0 Å². The van der Waals surface area contributed by atoms with E-state index in [1.165, 1.54) is 20.3 Å². The Hall–Kier alpha value is -1.88. The van der Waals surface area contributed by atoms with Gasteiger partial charge in [-0.05, 0) is 24.6 Å². The standard InChI is InChI=1S/C12H15NO4/c1-16-11(14)9-5-3-4-8(6-7-13)10(9)12(15)17-2/h3-5H,6-7,13H2,1-2H3. The maximum absolute atomic E-state index is 11.7. The van der Waals surface area contributed by atoms with Crippen molar-refractivity contribution in [3.63, 3.8) is 0 Å². The van der Waals surface area contributed by atoms with Crippen LogP contribution < -0.4 is 5.73 Å². The maximum atomic E-state index is 11.7. The van der Waals surface area contributed by atoms with Gasteiger partial charge in [-0.25, -0.2) is 9.59 Å². The van der Waals surface area contributed by atoms with Gasteiger partial charge in [0, 0.05) is 0 Å². The van der Waals surface area contributed by atoms with Crippen LogP contribution in [0.1, 0.15) is 26.3 Å². The lowest BCUT2D eigenvalue weighted by molar-refractivity contribution is 0.0554. The van der Waals surface area contributed by atoms with Crippen LogP contribution in [0.5, 0.6) is 0 Å². The molecule has 0 aliphatic rings. The van der Waals surface area contributed by atoms with Crippen molar-refractivity contribution in [2.45, 2.75) is 6.42 Å². The van der Waals surface area contributed by atoms with Crippen LogP contribution in [-0.2, 0) is 15.9 Å². The fraction of sp³-hybridized carbons (Fsp3) is 0.333. The summed E-state index contributed by atoms with van der Waals surface area (Å²) in [5, 5.41) is 0. The van der Waals surface area contributed by atoms with Gasteiger partial charge in [0.2, 0.25) is 0 Å². The van der Waals surface area contributed by atoms with Crippen molar-refractivity contribution in [1.82, 2.24) is 0 Å². The average molecular weight is 237 g/mol. The van der Waals surface area contributed by atoms with Crippen LogP contribution >= 0.6 is 0 Å². The third-order valence-corrected chi connectivity index (χ3v) is 2.36. The Morgan fingerprint density at radius 3 is 2.35 bits per heavy atom. The van der Waals surface area contributed by atoms with Crippen LogP contribution in [0.15, 0.2) is 18.2 Å². The maximum Gasteiger partial charge on any atom is 0.339 e. The SMILES string of the molecule is COC(=O)c1cccc(CCN)c1C(=O)OC. The fourth-order valence-electron chi connectivity index (χ4n) is 1.59. The molecule has 5 nitrogen and oxygen atoms in total. The van der Waals surface area contributed by atoms with Crippen LogP contribution in [0, 0.1) is 0 Å². The Labute approximate surface area is 99.5 Å². The molecule has 0 radical (unpaired) electrons. The van der Waals surface area contributed by atoms with Gasteiger partial charge in [-0.15, -0.1) is 0 Å². The zero-order chi connectivity index (χ0) is 12.8. The molecular formula is C12H15NO4. The molecule has 0 amide bonds. The third kappa shape index (κ3) is 2.82. The van der Waals surface area contributed by atoms with E-state index in [0.29, 0.717) is 18.5 Å². The molecule has 0 aliphatic carbocycles. The number of nitrogens with two attached hydrogens (primary N) is 1. The lowest BCUT2D eigenvalue weighted by atomic mass is 9.98. The molecule has 0 aliphatic heterocycles. The summed E-state index contributed by atoms with van der Waals surface area (Å²) in [6.45, 7) is 0.384.